The van der Waals surface area contributed by atoms with Gasteiger partial charge < -0.3 is 4.98 Å². The maximum atomic E-state index is 13.6. The Morgan fingerprint density at radius 2 is 2.12 bits per heavy atom. The fraction of sp³-hybridized carbons (Fsp3) is 0.182. The van der Waals surface area contributed by atoms with Gasteiger partial charge in [0, 0.05) is 10.4 Å². The Morgan fingerprint density at radius 1 is 1.38 bits per heavy atom. The van der Waals surface area contributed by atoms with Crippen molar-refractivity contribution in [2.45, 2.75) is 13.3 Å². The van der Waals surface area contributed by atoms with E-state index < -0.39 is 11.6 Å². The lowest BCUT2D eigenvalue weighted by Crippen LogP contribution is -1.89. The predicted molar refractivity (Wildman–Crippen MR) is 64.2 cm³/mol. The lowest BCUT2D eigenvalue weighted by molar-refractivity contribution is 0.602. The highest BCUT2D eigenvalue weighted by molar-refractivity contribution is 7.73. The van der Waals surface area contributed by atoms with Gasteiger partial charge in [-0.25, -0.2) is 8.78 Å². The molecule has 1 nitrogen and oxygen atoms in total. The molecule has 0 amide bonds. The minimum absolute atomic E-state index is 0.240. The number of aromatic amines is 1. The van der Waals surface area contributed by atoms with Gasteiger partial charge >= 0.3 is 0 Å². The molecule has 1 N–H and O–H groups in total. The van der Waals surface area contributed by atoms with E-state index in [2.05, 4.69) is 4.98 Å². The van der Waals surface area contributed by atoms with Crippen LogP contribution in [0, 0.1) is 15.6 Å². The van der Waals surface area contributed by atoms with Gasteiger partial charge in [-0.1, -0.05) is 6.92 Å². The first-order valence-corrected chi connectivity index (χ1v) is 6.01. The van der Waals surface area contributed by atoms with Gasteiger partial charge in [-0.05, 0) is 36.8 Å². The Morgan fingerprint density at radius 3 is 2.81 bits per heavy atom. The van der Waals surface area contributed by atoms with Crippen LogP contribution in [0.4, 0.5) is 8.78 Å². The van der Waals surface area contributed by atoms with E-state index in [0.717, 1.165) is 23.4 Å². The van der Waals surface area contributed by atoms with Crippen LogP contribution in [0.15, 0.2) is 18.2 Å². The first kappa shape index (κ1) is 11.4. The lowest BCUT2D eigenvalue weighted by atomic mass is 10.1. The van der Waals surface area contributed by atoms with Crippen LogP contribution >= 0.6 is 23.6 Å². The summed E-state index contributed by atoms with van der Waals surface area (Å²) >= 11 is 6.40. The molecule has 1 aromatic carbocycles. The predicted octanol–water partition coefficient (Wildman–Crippen LogP) is 4.31. The Labute approximate surface area is 101 Å². The van der Waals surface area contributed by atoms with Crippen molar-refractivity contribution >= 4 is 23.6 Å². The minimum atomic E-state index is -0.455. The number of aromatic nitrogens is 1. The first-order valence-electron chi connectivity index (χ1n) is 4.79. The van der Waals surface area contributed by atoms with Crippen molar-refractivity contribution in [1.29, 1.82) is 0 Å². The van der Waals surface area contributed by atoms with Crippen LogP contribution < -0.4 is 0 Å². The third-order valence-electron chi connectivity index (χ3n) is 2.24. The highest BCUT2D eigenvalue weighted by atomic mass is 32.1. The molecule has 0 bridgehead atoms. The van der Waals surface area contributed by atoms with E-state index >= 15 is 0 Å². The van der Waals surface area contributed by atoms with Crippen LogP contribution in [0.2, 0.25) is 0 Å². The summed E-state index contributed by atoms with van der Waals surface area (Å²) in [6.45, 7) is 1.95. The molecule has 0 atom stereocenters. The summed E-state index contributed by atoms with van der Waals surface area (Å²) in [5.74, 6) is -0.899. The highest BCUT2D eigenvalue weighted by Gasteiger charge is 2.12. The molecule has 0 aliphatic carbocycles. The topological polar surface area (TPSA) is 15.8 Å². The Balaban J connectivity index is 2.66. The average Bonchev–Trinajstić information content (AvgIpc) is 2.63. The molecular formula is C11H9F2NS2. The second-order valence-corrected chi connectivity index (χ2v) is 5.06. The SMILES string of the molecule is CCc1sc(=S)[nH]c1-c1cc(F)ccc1F. The molecule has 0 unspecified atom stereocenters. The van der Waals surface area contributed by atoms with E-state index in [-0.39, 0.29) is 5.56 Å². The molecule has 0 fully saturated rings. The zero-order valence-corrected chi connectivity index (χ0v) is 10.1. The molecule has 2 aromatic rings. The molecule has 16 heavy (non-hydrogen) atoms. The number of H-pyrrole nitrogens is 1. The number of hydrogen-bond donors (Lipinski definition) is 1. The lowest BCUT2D eigenvalue weighted by Gasteiger charge is -2.03. The van der Waals surface area contributed by atoms with Gasteiger partial charge in [0.1, 0.15) is 11.6 Å². The molecular weight excluding hydrogens is 248 g/mol. The fourth-order valence-corrected chi connectivity index (χ4v) is 2.70. The highest BCUT2D eigenvalue weighted by Crippen LogP contribution is 2.29. The Bertz CT molecular complexity index is 572. The summed E-state index contributed by atoms with van der Waals surface area (Å²) in [6.07, 6.45) is 0.739. The van der Waals surface area contributed by atoms with Crippen LogP contribution in [-0.4, -0.2) is 4.98 Å². The maximum absolute atomic E-state index is 13.6. The molecule has 0 spiro atoms. The van der Waals surface area contributed by atoms with Crippen LogP contribution in [-0.2, 0) is 6.42 Å². The summed E-state index contributed by atoms with van der Waals surface area (Å²) in [5.41, 5.74) is 0.832. The summed E-state index contributed by atoms with van der Waals surface area (Å²) < 4.78 is 27.2. The van der Waals surface area contributed by atoms with Gasteiger partial charge in [0.25, 0.3) is 0 Å². The number of thiazole rings is 1. The van der Waals surface area contributed by atoms with E-state index in [1.165, 1.54) is 17.4 Å². The summed E-state index contributed by atoms with van der Waals surface area (Å²) in [6, 6.07) is 3.41. The molecule has 0 aliphatic rings. The monoisotopic (exact) mass is 257 g/mol. The largest absolute Gasteiger partial charge is 0.337 e. The van der Waals surface area contributed by atoms with Crippen molar-refractivity contribution in [3.63, 3.8) is 0 Å². The smallest absolute Gasteiger partial charge is 0.159 e. The second kappa shape index (κ2) is 4.43. The van der Waals surface area contributed by atoms with Gasteiger partial charge in [-0.15, -0.1) is 11.3 Å². The van der Waals surface area contributed by atoms with Crippen molar-refractivity contribution < 1.29 is 8.78 Å². The fourth-order valence-electron chi connectivity index (χ4n) is 1.52. The van der Waals surface area contributed by atoms with Gasteiger partial charge in [0.15, 0.2) is 3.95 Å². The van der Waals surface area contributed by atoms with Crippen LogP contribution in [0.5, 0.6) is 0 Å². The summed E-state index contributed by atoms with van der Waals surface area (Å²) in [5, 5.41) is 0. The zero-order chi connectivity index (χ0) is 11.7. The standard InChI is InChI=1S/C11H9F2NS2/c1-2-9-10(14-11(15)16-9)7-5-6(12)3-4-8(7)13/h3-5H,2H2,1H3,(H,14,15). The third kappa shape index (κ3) is 2.05. The quantitative estimate of drug-likeness (QED) is 0.792. The zero-order valence-electron chi connectivity index (χ0n) is 8.51. The maximum Gasteiger partial charge on any atom is 0.159 e. The van der Waals surface area contributed by atoms with Crippen molar-refractivity contribution in [2.75, 3.05) is 0 Å². The van der Waals surface area contributed by atoms with Crippen molar-refractivity contribution in [2.24, 2.45) is 0 Å². The van der Waals surface area contributed by atoms with Gasteiger partial charge in [-0.3, -0.25) is 0 Å². The van der Waals surface area contributed by atoms with Crippen molar-refractivity contribution in [3.8, 4) is 11.3 Å². The molecule has 0 saturated carbocycles. The molecule has 1 aromatic heterocycles. The summed E-state index contributed by atoms with van der Waals surface area (Å²) in [4.78, 5) is 3.85. The Kier molecular flexibility index (Phi) is 3.16. The van der Waals surface area contributed by atoms with E-state index in [1.54, 1.807) is 0 Å². The molecule has 0 saturated heterocycles. The number of aryl methyl sites for hydroxylation is 1. The van der Waals surface area contributed by atoms with Crippen LogP contribution in [0.3, 0.4) is 0 Å². The normalized spacial score (nSPS) is 10.7. The van der Waals surface area contributed by atoms with Crippen LogP contribution in [0.1, 0.15) is 11.8 Å². The number of rotatable bonds is 2. The number of nitrogens with one attached hydrogen (secondary N) is 1. The third-order valence-corrected chi connectivity index (χ3v) is 3.62. The van der Waals surface area contributed by atoms with Gasteiger partial charge in [-0.2, -0.15) is 0 Å². The number of halogens is 2. The van der Waals surface area contributed by atoms with Crippen molar-refractivity contribution in [3.05, 3.63) is 38.7 Å². The minimum Gasteiger partial charge on any atom is -0.337 e. The number of benzene rings is 1. The molecule has 84 valence electrons. The van der Waals surface area contributed by atoms with Gasteiger partial charge in [0.05, 0.1) is 5.69 Å². The second-order valence-electron chi connectivity index (χ2n) is 3.29. The Hall–Kier alpha value is -1.07. The molecule has 0 radical (unpaired) electrons. The average molecular weight is 257 g/mol. The summed E-state index contributed by atoms with van der Waals surface area (Å²) in [7, 11) is 0. The number of hydrogen-bond acceptors (Lipinski definition) is 2. The first-order chi connectivity index (χ1) is 7.61. The van der Waals surface area contributed by atoms with Crippen LogP contribution in [0.25, 0.3) is 11.3 Å². The molecule has 0 aliphatic heterocycles. The molecule has 2 rings (SSSR count). The van der Waals surface area contributed by atoms with E-state index in [0.29, 0.717) is 9.65 Å². The molecule has 1 heterocycles. The van der Waals surface area contributed by atoms with E-state index in [9.17, 15) is 8.78 Å². The van der Waals surface area contributed by atoms with E-state index in [1.807, 2.05) is 6.92 Å². The van der Waals surface area contributed by atoms with E-state index in [4.69, 9.17) is 12.2 Å². The molecule has 5 heteroatoms. The van der Waals surface area contributed by atoms with Gasteiger partial charge in [0.2, 0.25) is 0 Å². The van der Waals surface area contributed by atoms with Crippen molar-refractivity contribution in [1.82, 2.24) is 4.98 Å².